The average molecular weight is 175 g/mol. The van der Waals surface area contributed by atoms with E-state index in [1.54, 1.807) is 6.92 Å². The van der Waals surface area contributed by atoms with Gasteiger partial charge in [0.15, 0.2) is 0 Å². The highest BCUT2D eigenvalue weighted by Crippen LogP contribution is 2.09. The van der Waals surface area contributed by atoms with Crippen LogP contribution in [0.2, 0.25) is 0 Å². The van der Waals surface area contributed by atoms with Gasteiger partial charge in [-0.05, 0) is 6.42 Å². The molecule has 0 rings (SSSR count). The van der Waals surface area contributed by atoms with Crippen LogP contribution in [0.5, 0.6) is 0 Å². The summed E-state index contributed by atoms with van der Waals surface area (Å²) in [5.74, 6) is -0.605. The molecule has 0 aromatic heterocycles. The summed E-state index contributed by atoms with van der Waals surface area (Å²) in [6.45, 7) is 3.52. The van der Waals surface area contributed by atoms with Gasteiger partial charge in [0.25, 0.3) is 5.91 Å². The van der Waals surface area contributed by atoms with Gasteiger partial charge in [0.1, 0.15) is 0 Å². The third-order valence-corrected chi connectivity index (χ3v) is 1.97. The molecule has 0 saturated heterocycles. The smallest absolute Gasteiger partial charge is 0.251 e. The Labute approximate surface area is 73.1 Å². The van der Waals surface area contributed by atoms with Crippen molar-refractivity contribution >= 4 is 5.91 Å². The number of hydroxylamine groups is 2. The van der Waals surface area contributed by atoms with E-state index in [1.807, 2.05) is 6.92 Å². The lowest BCUT2D eigenvalue weighted by Crippen LogP contribution is -2.36. The van der Waals surface area contributed by atoms with Gasteiger partial charge >= 0.3 is 0 Å². The fourth-order valence-electron chi connectivity index (χ4n) is 0.895. The molecule has 2 atom stereocenters. The quantitative estimate of drug-likeness (QED) is 0.630. The van der Waals surface area contributed by atoms with Crippen LogP contribution < -0.4 is 0 Å². The number of aliphatic hydroxyl groups excluding tert-OH is 1. The summed E-state index contributed by atoms with van der Waals surface area (Å²) in [5.41, 5.74) is 0. The molecule has 4 nitrogen and oxygen atoms in total. The molecule has 0 aromatic carbocycles. The number of carbonyl (C=O) groups is 1. The number of carbonyl (C=O) groups excluding carboxylic acids is 1. The molecule has 0 heterocycles. The van der Waals surface area contributed by atoms with Crippen LogP contribution in [-0.2, 0) is 9.63 Å². The molecular weight excluding hydrogens is 158 g/mol. The molecule has 0 aromatic rings. The minimum absolute atomic E-state index is 0.202. The van der Waals surface area contributed by atoms with Crippen LogP contribution in [0.4, 0.5) is 0 Å². The van der Waals surface area contributed by atoms with E-state index in [-0.39, 0.29) is 5.91 Å². The predicted octanol–water partition coefficient (Wildman–Crippen LogP) is 0.413. The molecule has 0 fully saturated rings. The molecule has 0 bridgehead atoms. The molecule has 0 radical (unpaired) electrons. The maximum atomic E-state index is 11.3. The van der Waals surface area contributed by atoms with Gasteiger partial charge in [-0.25, -0.2) is 5.06 Å². The van der Waals surface area contributed by atoms with Crippen LogP contribution in [0, 0.1) is 5.92 Å². The topological polar surface area (TPSA) is 49.8 Å². The first-order valence-electron chi connectivity index (χ1n) is 4.04. The van der Waals surface area contributed by atoms with Crippen molar-refractivity contribution in [1.29, 1.82) is 0 Å². The Morgan fingerprint density at radius 1 is 1.67 bits per heavy atom. The number of nitrogens with zero attached hydrogens (tertiary/aromatic N) is 1. The summed E-state index contributed by atoms with van der Waals surface area (Å²) < 4.78 is 0. The highest BCUT2D eigenvalue weighted by Gasteiger charge is 2.23. The van der Waals surface area contributed by atoms with Crippen LogP contribution in [0.25, 0.3) is 0 Å². The van der Waals surface area contributed by atoms with E-state index in [0.29, 0.717) is 6.42 Å². The largest absolute Gasteiger partial charge is 0.392 e. The Morgan fingerprint density at radius 3 is 2.50 bits per heavy atom. The van der Waals surface area contributed by atoms with Crippen molar-refractivity contribution in [2.75, 3.05) is 14.2 Å². The highest BCUT2D eigenvalue weighted by molar-refractivity contribution is 5.77. The third-order valence-electron chi connectivity index (χ3n) is 1.97. The number of rotatable bonds is 4. The van der Waals surface area contributed by atoms with E-state index in [2.05, 4.69) is 0 Å². The highest BCUT2D eigenvalue weighted by atomic mass is 16.7. The van der Waals surface area contributed by atoms with E-state index < -0.39 is 12.0 Å². The van der Waals surface area contributed by atoms with Gasteiger partial charge in [0.2, 0.25) is 0 Å². The number of hydrogen-bond donors (Lipinski definition) is 1. The van der Waals surface area contributed by atoms with E-state index in [9.17, 15) is 9.90 Å². The first-order valence-corrected chi connectivity index (χ1v) is 4.04. The molecule has 0 saturated carbocycles. The first-order chi connectivity index (χ1) is 5.54. The van der Waals surface area contributed by atoms with E-state index in [1.165, 1.54) is 14.2 Å². The monoisotopic (exact) mass is 175 g/mol. The van der Waals surface area contributed by atoms with Crippen molar-refractivity contribution in [3.8, 4) is 0 Å². The van der Waals surface area contributed by atoms with Crippen molar-refractivity contribution in [2.24, 2.45) is 5.92 Å². The molecule has 0 aliphatic heterocycles. The Bertz CT molecular complexity index is 149. The van der Waals surface area contributed by atoms with Gasteiger partial charge in [-0.2, -0.15) is 0 Å². The molecule has 0 unspecified atom stereocenters. The fraction of sp³-hybridized carbons (Fsp3) is 0.875. The summed E-state index contributed by atoms with van der Waals surface area (Å²) in [6.07, 6.45) is -0.0140. The zero-order chi connectivity index (χ0) is 9.72. The van der Waals surface area contributed by atoms with Gasteiger partial charge in [-0.1, -0.05) is 13.8 Å². The van der Waals surface area contributed by atoms with Gasteiger partial charge < -0.3 is 5.11 Å². The lowest BCUT2D eigenvalue weighted by atomic mass is 10.0. The number of amides is 1. The molecule has 12 heavy (non-hydrogen) atoms. The molecule has 1 N–H and O–H groups in total. The van der Waals surface area contributed by atoms with Crippen molar-refractivity contribution in [2.45, 2.75) is 26.4 Å². The summed E-state index contributed by atoms with van der Waals surface area (Å²) in [6, 6.07) is 0. The molecule has 4 heteroatoms. The fourth-order valence-corrected chi connectivity index (χ4v) is 0.895. The standard InChI is InChI=1S/C8H17NO3/c1-5-7(10)6(2)8(11)9(3)12-4/h6-7,10H,5H2,1-4H3/t6-,7-/m1/s1. The lowest BCUT2D eigenvalue weighted by Gasteiger charge is -2.21. The molecule has 72 valence electrons. The van der Waals surface area contributed by atoms with E-state index >= 15 is 0 Å². The number of hydrogen-bond acceptors (Lipinski definition) is 3. The van der Waals surface area contributed by atoms with Crippen molar-refractivity contribution in [3.05, 3.63) is 0 Å². The Morgan fingerprint density at radius 2 is 2.17 bits per heavy atom. The predicted molar refractivity (Wildman–Crippen MR) is 45.2 cm³/mol. The Kier molecular flexibility index (Phi) is 4.85. The van der Waals surface area contributed by atoms with Crippen molar-refractivity contribution in [1.82, 2.24) is 5.06 Å². The molecular formula is C8H17NO3. The summed E-state index contributed by atoms with van der Waals surface area (Å²) >= 11 is 0. The van der Waals surface area contributed by atoms with E-state index in [4.69, 9.17) is 4.84 Å². The second-order valence-corrected chi connectivity index (χ2v) is 2.78. The Balaban J connectivity index is 4.09. The normalized spacial score (nSPS) is 15.4. The summed E-state index contributed by atoms with van der Waals surface area (Å²) in [7, 11) is 2.95. The lowest BCUT2D eigenvalue weighted by molar-refractivity contribution is -0.176. The zero-order valence-corrected chi connectivity index (χ0v) is 8.07. The minimum atomic E-state index is -0.588. The van der Waals surface area contributed by atoms with Crippen LogP contribution in [0.15, 0.2) is 0 Å². The van der Waals surface area contributed by atoms with Crippen LogP contribution in [0.3, 0.4) is 0 Å². The van der Waals surface area contributed by atoms with Gasteiger partial charge in [0, 0.05) is 7.05 Å². The van der Waals surface area contributed by atoms with E-state index in [0.717, 1.165) is 5.06 Å². The molecule has 0 spiro atoms. The zero-order valence-electron chi connectivity index (χ0n) is 8.07. The minimum Gasteiger partial charge on any atom is -0.392 e. The van der Waals surface area contributed by atoms with Crippen LogP contribution in [-0.4, -0.2) is 36.3 Å². The second kappa shape index (κ2) is 5.11. The molecule has 0 aliphatic carbocycles. The van der Waals surface area contributed by atoms with Gasteiger partial charge in [-0.15, -0.1) is 0 Å². The van der Waals surface area contributed by atoms with Crippen molar-refractivity contribution in [3.63, 3.8) is 0 Å². The summed E-state index contributed by atoms with van der Waals surface area (Å²) in [5, 5.41) is 10.5. The first kappa shape index (κ1) is 11.4. The maximum Gasteiger partial charge on any atom is 0.251 e. The number of aliphatic hydroxyl groups is 1. The SMILES string of the molecule is CC[C@@H](O)[C@@H](C)C(=O)N(C)OC. The third kappa shape index (κ3) is 2.79. The van der Waals surface area contributed by atoms with Crippen molar-refractivity contribution < 1.29 is 14.7 Å². The van der Waals surface area contributed by atoms with Gasteiger partial charge in [0.05, 0.1) is 19.1 Å². The maximum absolute atomic E-state index is 11.3. The molecule has 0 aliphatic rings. The Hall–Kier alpha value is -0.610. The van der Waals surface area contributed by atoms with Crippen LogP contribution in [0.1, 0.15) is 20.3 Å². The average Bonchev–Trinajstić information content (AvgIpc) is 2.12. The van der Waals surface area contributed by atoms with Crippen LogP contribution >= 0.6 is 0 Å². The summed E-state index contributed by atoms with van der Waals surface area (Å²) in [4.78, 5) is 16.0. The van der Waals surface area contributed by atoms with Gasteiger partial charge in [-0.3, -0.25) is 9.63 Å². The molecule has 1 amide bonds. The second-order valence-electron chi connectivity index (χ2n) is 2.78.